The molecule has 2 rings (SSSR count). The molecule has 0 fully saturated rings. The normalized spacial score (nSPS) is 16.1. The number of rotatable bonds is 3. The van der Waals surface area contributed by atoms with Crippen LogP contribution in [0, 0.1) is 0 Å². The molecule has 0 saturated carbocycles. The maximum Gasteiger partial charge on any atom is 0.325 e. The fourth-order valence-corrected chi connectivity index (χ4v) is 2.51. The van der Waals surface area contributed by atoms with E-state index in [-0.39, 0.29) is 5.91 Å². The Morgan fingerprint density at radius 3 is 2.68 bits per heavy atom. The zero-order valence-corrected chi connectivity index (χ0v) is 11.1. The van der Waals surface area contributed by atoms with Gasteiger partial charge in [-0.1, -0.05) is 18.6 Å². The molecular formula is C15H19NO3. The lowest BCUT2D eigenvalue weighted by Crippen LogP contribution is -2.38. The Morgan fingerprint density at radius 1 is 1.21 bits per heavy atom. The van der Waals surface area contributed by atoms with E-state index in [2.05, 4.69) is 11.4 Å². The maximum absolute atomic E-state index is 12.2. The van der Waals surface area contributed by atoms with E-state index < -0.39 is 12.0 Å². The van der Waals surface area contributed by atoms with Gasteiger partial charge >= 0.3 is 5.97 Å². The minimum atomic E-state index is -1.02. The quantitative estimate of drug-likeness (QED) is 0.819. The fourth-order valence-electron chi connectivity index (χ4n) is 2.51. The van der Waals surface area contributed by atoms with Crippen LogP contribution in [0.4, 0.5) is 0 Å². The number of hydrogen-bond donors (Lipinski definition) is 2. The second kappa shape index (κ2) is 5.87. The van der Waals surface area contributed by atoms with Crippen molar-refractivity contribution in [2.75, 3.05) is 0 Å². The average Bonchev–Trinajstić information content (AvgIpc) is 2.62. The molecule has 0 unspecified atom stereocenters. The second-order valence-electron chi connectivity index (χ2n) is 5.04. The molecule has 0 aliphatic heterocycles. The molecule has 4 heteroatoms. The SMILES string of the molecule is C[C@@H](NC(=O)c1cccc2c1CCCCC2)C(=O)O. The van der Waals surface area contributed by atoms with E-state index in [0.29, 0.717) is 5.56 Å². The minimum absolute atomic E-state index is 0.284. The summed E-state index contributed by atoms with van der Waals surface area (Å²) in [5.41, 5.74) is 2.95. The first-order valence-corrected chi connectivity index (χ1v) is 6.74. The number of carbonyl (C=O) groups excluding carboxylic acids is 1. The molecule has 2 N–H and O–H groups in total. The van der Waals surface area contributed by atoms with Gasteiger partial charge in [-0.2, -0.15) is 0 Å². The smallest absolute Gasteiger partial charge is 0.325 e. The highest BCUT2D eigenvalue weighted by molar-refractivity contribution is 5.98. The number of benzene rings is 1. The summed E-state index contributed by atoms with van der Waals surface area (Å²) in [6, 6.07) is 4.87. The molecule has 1 aliphatic carbocycles. The Kier molecular flexibility index (Phi) is 4.20. The van der Waals surface area contributed by atoms with Crippen molar-refractivity contribution < 1.29 is 14.7 Å². The van der Waals surface area contributed by atoms with Crippen LogP contribution in [-0.2, 0) is 17.6 Å². The number of carboxylic acid groups (broad SMARTS) is 1. The van der Waals surface area contributed by atoms with Crippen LogP contribution >= 0.6 is 0 Å². The lowest BCUT2D eigenvalue weighted by Gasteiger charge is -2.14. The van der Waals surface area contributed by atoms with Crippen LogP contribution < -0.4 is 5.32 Å². The summed E-state index contributed by atoms with van der Waals surface area (Å²) >= 11 is 0. The van der Waals surface area contributed by atoms with Gasteiger partial charge in [0, 0.05) is 5.56 Å². The summed E-state index contributed by atoms with van der Waals surface area (Å²) in [6.45, 7) is 1.47. The van der Waals surface area contributed by atoms with Gasteiger partial charge in [-0.15, -0.1) is 0 Å². The average molecular weight is 261 g/mol. The van der Waals surface area contributed by atoms with Gasteiger partial charge < -0.3 is 10.4 Å². The van der Waals surface area contributed by atoms with Crippen LogP contribution in [0.2, 0.25) is 0 Å². The molecule has 1 amide bonds. The zero-order chi connectivity index (χ0) is 13.8. The minimum Gasteiger partial charge on any atom is -0.480 e. The van der Waals surface area contributed by atoms with E-state index in [9.17, 15) is 9.59 Å². The molecule has 19 heavy (non-hydrogen) atoms. The van der Waals surface area contributed by atoms with E-state index in [0.717, 1.165) is 31.2 Å². The van der Waals surface area contributed by atoms with E-state index in [1.165, 1.54) is 18.9 Å². The third-order valence-electron chi connectivity index (χ3n) is 3.61. The van der Waals surface area contributed by atoms with Gasteiger partial charge in [0.1, 0.15) is 6.04 Å². The number of carbonyl (C=O) groups is 2. The Bertz CT molecular complexity index is 496. The highest BCUT2D eigenvalue weighted by Crippen LogP contribution is 2.23. The van der Waals surface area contributed by atoms with Gasteiger partial charge in [0.15, 0.2) is 0 Å². The largest absolute Gasteiger partial charge is 0.480 e. The third kappa shape index (κ3) is 3.13. The summed E-state index contributed by atoms with van der Waals surface area (Å²) < 4.78 is 0. The van der Waals surface area contributed by atoms with Crippen molar-refractivity contribution >= 4 is 11.9 Å². The van der Waals surface area contributed by atoms with Gasteiger partial charge in [-0.05, 0) is 49.8 Å². The zero-order valence-electron chi connectivity index (χ0n) is 11.1. The molecule has 0 aromatic heterocycles. The Morgan fingerprint density at radius 2 is 1.95 bits per heavy atom. The van der Waals surface area contributed by atoms with E-state index in [1.807, 2.05) is 6.07 Å². The predicted molar refractivity (Wildman–Crippen MR) is 72.3 cm³/mol. The Balaban J connectivity index is 2.25. The van der Waals surface area contributed by atoms with Crippen LogP contribution in [0.25, 0.3) is 0 Å². The van der Waals surface area contributed by atoms with Crippen molar-refractivity contribution in [3.63, 3.8) is 0 Å². The van der Waals surface area contributed by atoms with Crippen molar-refractivity contribution in [2.45, 2.75) is 45.1 Å². The van der Waals surface area contributed by atoms with Gasteiger partial charge in [0.25, 0.3) is 5.91 Å². The molecule has 1 aromatic rings. The first kappa shape index (κ1) is 13.6. The van der Waals surface area contributed by atoms with Crippen LogP contribution in [0.5, 0.6) is 0 Å². The molecule has 0 saturated heterocycles. The number of aryl methyl sites for hydroxylation is 1. The number of fused-ring (bicyclic) bond motifs is 1. The van der Waals surface area contributed by atoms with Crippen molar-refractivity contribution in [1.82, 2.24) is 5.32 Å². The van der Waals surface area contributed by atoms with Gasteiger partial charge in [-0.3, -0.25) is 9.59 Å². The topological polar surface area (TPSA) is 66.4 Å². The van der Waals surface area contributed by atoms with E-state index in [1.54, 1.807) is 6.07 Å². The van der Waals surface area contributed by atoms with E-state index in [4.69, 9.17) is 5.11 Å². The molecule has 0 radical (unpaired) electrons. The second-order valence-corrected chi connectivity index (χ2v) is 5.04. The number of aliphatic carboxylic acids is 1. The molecule has 1 aromatic carbocycles. The number of carboxylic acids is 1. The van der Waals surface area contributed by atoms with Crippen LogP contribution in [0.1, 0.15) is 47.7 Å². The summed E-state index contributed by atoms with van der Waals surface area (Å²) in [5.74, 6) is -1.30. The number of amides is 1. The molecule has 1 atom stereocenters. The monoisotopic (exact) mass is 261 g/mol. The van der Waals surface area contributed by atoms with Crippen LogP contribution in [-0.4, -0.2) is 23.0 Å². The molecule has 102 valence electrons. The number of hydrogen-bond acceptors (Lipinski definition) is 2. The standard InChI is InChI=1S/C15H19NO3/c1-10(15(18)19)16-14(17)13-9-5-7-11-6-3-2-4-8-12(11)13/h5,7,9-10H,2-4,6,8H2,1H3,(H,16,17)(H,18,19)/t10-/m1/s1. The molecule has 4 nitrogen and oxygen atoms in total. The molecule has 0 bridgehead atoms. The highest BCUT2D eigenvalue weighted by atomic mass is 16.4. The first-order valence-electron chi connectivity index (χ1n) is 6.74. The summed E-state index contributed by atoms with van der Waals surface area (Å²) in [5, 5.41) is 11.4. The van der Waals surface area contributed by atoms with E-state index >= 15 is 0 Å². The summed E-state index contributed by atoms with van der Waals surface area (Å²) in [4.78, 5) is 23.0. The van der Waals surface area contributed by atoms with Crippen molar-refractivity contribution in [1.29, 1.82) is 0 Å². The molecule has 0 spiro atoms. The van der Waals surface area contributed by atoms with Gasteiger partial charge in [-0.25, -0.2) is 0 Å². The lowest BCUT2D eigenvalue weighted by atomic mass is 9.96. The van der Waals surface area contributed by atoms with Gasteiger partial charge in [0.05, 0.1) is 0 Å². The lowest BCUT2D eigenvalue weighted by molar-refractivity contribution is -0.138. The summed E-state index contributed by atoms with van der Waals surface area (Å²) in [6.07, 6.45) is 5.34. The fraction of sp³-hybridized carbons (Fsp3) is 0.467. The molecular weight excluding hydrogens is 242 g/mol. The van der Waals surface area contributed by atoms with Crippen molar-refractivity contribution in [3.8, 4) is 0 Å². The van der Waals surface area contributed by atoms with Gasteiger partial charge in [0.2, 0.25) is 0 Å². The van der Waals surface area contributed by atoms with Crippen LogP contribution in [0.3, 0.4) is 0 Å². The Hall–Kier alpha value is -1.84. The molecule has 0 heterocycles. The highest BCUT2D eigenvalue weighted by Gasteiger charge is 2.20. The Labute approximate surface area is 112 Å². The maximum atomic E-state index is 12.2. The third-order valence-corrected chi connectivity index (χ3v) is 3.61. The first-order chi connectivity index (χ1) is 9.09. The summed E-state index contributed by atoms with van der Waals surface area (Å²) in [7, 11) is 0. The van der Waals surface area contributed by atoms with Crippen molar-refractivity contribution in [2.24, 2.45) is 0 Å². The molecule has 1 aliphatic rings. The predicted octanol–water partition coefficient (Wildman–Crippen LogP) is 2.16. The number of nitrogens with one attached hydrogen (secondary N) is 1. The van der Waals surface area contributed by atoms with Crippen molar-refractivity contribution in [3.05, 3.63) is 34.9 Å². The van der Waals surface area contributed by atoms with Crippen LogP contribution in [0.15, 0.2) is 18.2 Å².